The zero-order chi connectivity index (χ0) is 17.3. The molecule has 4 aliphatic carbocycles. The lowest BCUT2D eigenvalue weighted by atomic mass is 9.44. The molecule has 4 saturated carbocycles. The van der Waals surface area contributed by atoms with Gasteiger partial charge < -0.3 is 10.2 Å². The van der Waals surface area contributed by atoms with Crippen LogP contribution in [-0.4, -0.2) is 28.1 Å². The Morgan fingerprint density at radius 1 is 1.08 bits per heavy atom. The summed E-state index contributed by atoms with van der Waals surface area (Å²) in [4.78, 5) is 24.9. The van der Waals surface area contributed by atoms with Gasteiger partial charge in [0.05, 0.1) is 12.0 Å². The molecule has 0 unspecified atom stereocenters. The molecule has 24 heavy (non-hydrogen) atoms. The van der Waals surface area contributed by atoms with Crippen LogP contribution in [0.2, 0.25) is 0 Å². The van der Waals surface area contributed by atoms with Crippen molar-refractivity contribution >= 4 is 11.8 Å². The number of aliphatic hydroxyl groups excluding tert-OH is 1. The van der Waals surface area contributed by atoms with Crippen LogP contribution in [0, 0.1) is 40.4 Å². The van der Waals surface area contributed by atoms with Crippen LogP contribution in [0.5, 0.6) is 0 Å². The van der Waals surface area contributed by atoms with Crippen molar-refractivity contribution in [1.82, 2.24) is 0 Å². The van der Waals surface area contributed by atoms with Gasteiger partial charge in [-0.15, -0.1) is 0 Å². The Morgan fingerprint density at radius 3 is 2.54 bits per heavy atom. The molecule has 4 rings (SSSR count). The molecule has 0 aromatic heterocycles. The molecule has 0 aromatic rings. The predicted molar refractivity (Wildman–Crippen MR) is 89.2 cm³/mol. The molecule has 2 N–H and O–H groups in total. The van der Waals surface area contributed by atoms with E-state index in [1.54, 1.807) is 0 Å². The number of carbonyl (C=O) groups excluding carboxylic acids is 1. The van der Waals surface area contributed by atoms with Gasteiger partial charge in [-0.1, -0.05) is 13.8 Å². The monoisotopic (exact) mass is 334 g/mol. The zero-order valence-electron chi connectivity index (χ0n) is 14.8. The molecule has 0 aliphatic heterocycles. The number of carboxylic acid groups (broad SMARTS) is 1. The van der Waals surface area contributed by atoms with E-state index in [-0.39, 0.29) is 28.8 Å². The van der Waals surface area contributed by atoms with Gasteiger partial charge in [0.2, 0.25) is 0 Å². The Bertz CT molecular complexity index is 572. The second-order valence-corrected chi connectivity index (χ2v) is 9.57. The van der Waals surface area contributed by atoms with Gasteiger partial charge in [0.1, 0.15) is 5.78 Å². The first-order chi connectivity index (χ1) is 11.3. The van der Waals surface area contributed by atoms with Crippen molar-refractivity contribution in [2.45, 2.75) is 71.3 Å². The topological polar surface area (TPSA) is 74.6 Å². The van der Waals surface area contributed by atoms with Crippen LogP contribution in [0.15, 0.2) is 0 Å². The molecule has 134 valence electrons. The van der Waals surface area contributed by atoms with Gasteiger partial charge in [0.15, 0.2) is 0 Å². The molecule has 8 atom stereocenters. The van der Waals surface area contributed by atoms with Crippen molar-refractivity contribution in [1.29, 1.82) is 0 Å². The highest BCUT2D eigenvalue weighted by Gasteiger charge is 2.64. The fraction of sp³-hybridized carbons (Fsp3) is 0.900. The average molecular weight is 334 g/mol. The molecule has 0 radical (unpaired) electrons. The lowest BCUT2D eigenvalue weighted by Gasteiger charge is -2.59. The molecule has 4 fully saturated rings. The van der Waals surface area contributed by atoms with Gasteiger partial charge in [-0.2, -0.15) is 0 Å². The third-order valence-corrected chi connectivity index (χ3v) is 8.62. The van der Waals surface area contributed by atoms with Crippen molar-refractivity contribution in [2.24, 2.45) is 40.4 Å². The largest absolute Gasteiger partial charge is 0.481 e. The number of fused-ring (bicyclic) bond motifs is 5. The normalized spacial score (nSPS) is 53.9. The van der Waals surface area contributed by atoms with E-state index < -0.39 is 5.97 Å². The summed E-state index contributed by atoms with van der Waals surface area (Å²) >= 11 is 0. The maximum absolute atomic E-state index is 13.2. The van der Waals surface area contributed by atoms with Gasteiger partial charge in [-0.05, 0) is 73.5 Å². The van der Waals surface area contributed by atoms with Crippen LogP contribution in [-0.2, 0) is 9.59 Å². The number of ketones is 1. The van der Waals surface area contributed by atoms with Crippen molar-refractivity contribution in [3.63, 3.8) is 0 Å². The summed E-state index contributed by atoms with van der Waals surface area (Å²) in [5.41, 5.74) is -0.330. The summed E-state index contributed by atoms with van der Waals surface area (Å²) in [7, 11) is 0. The fourth-order valence-corrected chi connectivity index (χ4v) is 7.46. The molecule has 0 spiro atoms. The van der Waals surface area contributed by atoms with E-state index in [0.29, 0.717) is 30.0 Å². The van der Waals surface area contributed by atoms with Crippen LogP contribution >= 0.6 is 0 Å². The highest BCUT2D eigenvalue weighted by atomic mass is 16.4. The molecule has 4 aliphatic rings. The van der Waals surface area contributed by atoms with Crippen LogP contribution in [0.25, 0.3) is 0 Å². The van der Waals surface area contributed by atoms with Crippen molar-refractivity contribution in [2.75, 3.05) is 0 Å². The molecule has 0 saturated heterocycles. The van der Waals surface area contributed by atoms with E-state index in [0.717, 1.165) is 44.9 Å². The Labute approximate surface area is 144 Å². The summed E-state index contributed by atoms with van der Waals surface area (Å²) in [5, 5.41) is 19.7. The quantitative estimate of drug-likeness (QED) is 0.772. The molecule has 4 nitrogen and oxygen atoms in total. The second kappa shape index (κ2) is 5.30. The molecule has 0 heterocycles. The van der Waals surface area contributed by atoms with E-state index in [2.05, 4.69) is 13.8 Å². The Morgan fingerprint density at radius 2 is 1.83 bits per heavy atom. The van der Waals surface area contributed by atoms with Crippen LogP contribution in [0.3, 0.4) is 0 Å². The van der Waals surface area contributed by atoms with Crippen molar-refractivity contribution in [3.8, 4) is 0 Å². The van der Waals surface area contributed by atoms with Gasteiger partial charge in [-0.3, -0.25) is 9.59 Å². The number of hydrogen-bond acceptors (Lipinski definition) is 3. The first-order valence-electron chi connectivity index (χ1n) is 9.71. The van der Waals surface area contributed by atoms with Gasteiger partial charge >= 0.3 is 5.97 Å². The van der Waals surface area contributed by atoms with Crippen molar-refractivity contribution in [3.05, 3.63) is 0 Å². The molecule has 0 amide bonds. The third kappa shape index (κ3) is 2.07. The maximum atomic E-state index is 13.2. The highest BCUT2D eigenvalue weighted by molar-refractivity contribution is 5.85. The minimum atomic E-state index is -0.716. The molecule has 4 heteroatoms. The minimum absolute atomic E-state index is 0.0157. The summed E-state index contributed by atoms with van der Waals surface area (Å²) in [5.74, 6) is 0.526. The number of carbonyl (C=O) groups is 2. The van der Waals surface area contributed by atoms with E-state index >= 15 is 0 Å². The van der Waals surface area contributed by atoms with Gasteiger partial charge in [0.25, 0.3) is 0 Å². The fourth-order valence-electron chi connectivity index (χ4n) is 7.46. The number of aliphatic hydroxyl groups is 1. The van der Waals surface area contributed by atoms with E-state index in [1.165, 1.54) is 0 Å². The third-order valence-electron chi connectivity index (χ3n) is 8.62. The zero-order valence-corrected chi connectivity index (χ0v) is 14.8. The molecular formula is C20H30O4. The number of carboxylic acids is 1. The summed E-state index contributed by atoms with van der Waals surface area (Å²) in [6.45, 7) is 4.35. The first-order valence-corrected chi connectivity index (χ1v) is 9.71. The SMILES string of the molecule is C[C@]12CC[C@@H](O)C[C@@H]1CC[C@@H]1[C@H]3CC[C@@H](C(=O)O)[C@@]3(C)CC(=O)[C@H]12. The Hall–Kier alpha value is -0.900. The molecule has 0 aromatic carbocycles. The van der Waals surface area contributed by atoms with Crippen molar-refractivity contribution < 1.29 is 19.8 Å². The summed E-state index contributed by atoms with van der Waals surface area (Å²) < 4.78 is 0. The predicted octanol–water partition coefficient (Wildman–Crippen LogP) is 3.27. The number of rotatable bonds is 1. The lowest BCUT2D eigenvalue weighted by molar-refractivity contribution is -0.165. The van der Waals surface area contributed by atoms with E-state index in [4.69, 9.17) is 0 Å². The summed E-state index contributed by atoms with van der Waals surface area (Å²) in [6, 6.07) is 0. The smallest absolute Gasteiger partial charge is 0.307 e. The van der Waals surface area contributed by atoms with Crippen LogP contribution in [0.4, 0.5) is 0 Å². The Kier molecular flexibility index (Phi) is 3.66. The summed E-state index contributed by atoms with van der Waals surface area (Å²) in [6.07, 6.45) is 6.65. The lowest BCUT2D eigenvalue weighted by Crippen LogP contribution is -2.58. The van der Waals surface area contributed by atoms with E-state index in [1.807, 2.05) is 0 Å². The second-order valence-electron chi connectivity index (χ2n) is 9.57. The van der Waals surface area contributed by atoms with E-state index in [9.17, 15) is 19.8 Å². The van der Waals surface area contributed by atoms with Gasteiger partial charge in [-0.25, -0.2) is 0 Å². The number of aliphatic carboxylic acids is 1. The van der Waals surface area contributed by atoms with Gasteiger partial charge in [0, 0.05) is 12.3 Å². The first kappa shape index (κ1) is 16.6. The van der Waals surface area contributed by atoms with Crippen LogP contribution in [0.1, 0.15) is 65.2 Å². The maximum Gasteiger partial charge on any atom is 0.307 e. The highest BCUT2D eigenvalue weighted by Crippen LogP contribution is 2.66. The Balaban J connectivity index is 1.68. The molecule has 0 bridgehead atoms. The average Bonchev–Trinajstić information content (AvgIpc) is 2.84. The number of hydrogen-bond donors (Lipinski definition) is 2. The molecular weight excluding hydrogens is 304 g/mol. The number of Topliss-reactive ketones (excluding diaryl/α,β-unsaturated/α-hetero) is 1. The van der Waals surface area contributed by atoms with Crippen LogP contribution < -0.4 is 0 Å². The standard InChI is InChI=1S/C20H30O4/c1-19-8-7-12(21)9-11(19)3-4-13-14-5-6-15(18(23)24)20(14,2)10-16(22)17(13)19/h11-15,17,21H,3-10H2,1-2H3,(H,23,24)/t11-,12+,13+,14+,15-,17-,19-,20-/m0/s1. The minimum Gasteiger partial charge on any atom is -0.481 e.